The minimum atomic E-state index is 0.799. The highest BCUT2D eigenvalue weighted by Gasteiger charge is 2.21. The first kappa shape index (κ1) is 7.85. The first-order valence-corrected chi connectivity index (χ1v) is 4.98. The molecule has 1 aliphatic carbocycles. The van der Waals surface area contributed by atoms with Crippen LogP contribution in [-0.4, -0.2) is 16.6 Å². The second-order valence-corrected chi connectivity index (χ2v) is 3.84. The van der Waals surface area contributed by atoms with Gasteiger partial charge in [0.15, 0.2) is 0 Å². The zero-order valence-corrected chi connectivity index (χ0v) is 7.86. The highest BCUT2D eigenvalue weighted by molar-refractivity contribution is 5.75. The zero-order chi connectivity index (χ0) is 9.38. The Morgan fingerprint density at radius 2 is 2.36 bits per heavy atom. The van der Waals surface area contributed by atoms with Crippen LogP contribution in [0.3, 0.4) is 0 Å². The lowest BCUT2D eigenvalue weighted by Gasteiger charge is -2.03. The predicted molar refractivity (Wildman–Crippen MR) is 54.3 cm³/mol. The Morgan fingerprint density at radius 1 is 1.43 bits per heavy atom. The van der Waals surface area contributed by atoms with Gasteiger partial charge in [-0.25, -0.2) is 4.98 Å². The average molecular weight is 188 g/mol. The van der Waals surface area contributed by atoms with Crippen molar-refractivity contribution in [1.82, 2.24) is 9.97 Å². The maximum atomic E-state index is 5.66. The third-order valence-corrected chi connectivity index (χ3v) is 2.57. The summed E-state index contributed by atoms with van der Waals surface area (Å²) in [6.07, 6.45) is 4.36. The van der Waals surface area contributed by atoms with Crippen molar-refractivity contribution in [1.29, 1.82) is 0 Å². The average Bonchev–Trinajstić information content (AvgIpc) is 2.92. The van der Waals surface area contributed by atoms with E-state index in [9.17, 15) is 0 Å². The molecule has 0 amide bonds. The zero-order valence-electron chi connectivity index (χ0n) is 7.86. The number of benzene rings is 1. The SMILES string of the molecule is c1nc2ccc(OCC3CC3)cc2[nH]1. The van der Waals surface area contributed by atoms with Gasteiger partial charge in [0.2, 0.25) is 0 Å². The molecule has 2 aromatic rings. The van der Waals surface area contributed by atoms with Crippen LogP contribution in [0.15, 0.2) is 24.5 Å². The summed E-state index contributed by atoms with van der Waals surface area (Å²) in [6.45, 7) is 0.861. The van der Waals surface area contributed by atoms with Crippen LogP contribution < -0.4 is 4.74 Å². The Balaban J connectivity index is 1.81. The van der Waals surface area contributed by atoms with Gasteiger partial charge in [0.1, 0.15) is 5.75 Å². The maximum absolute atomic E-state index is 5.66. The fourth-order valence-electron chi connectivity index (χ4n) is 1.50. The number of nitrogens with one attached hydrogen (secondary N) is 1. The van der Waals surface area contributed by atoms with Gasteiger partial charge < -0.3 is 9.72 Å². The van der Waals surface area contributed by atoms with E-state index in [1.54, 1.807) is 6.33 Å². The lowest BCUT2D eigenvalue weighted by atomic mass is 10.3. The summed E-state index contributed by atoms with van der Waals surface area (Å²) >= 11 is 0. The van der Waals surface area contributed by atoms with Crippen LogP contribution in [0.2, 0.25) is 0 Å². The lowest BCUT2D eigenvalue weighted by molar-refractivity contribution is 0.300. The molecule has 72 valence electrons. The molecule has 3 heteroatoms. The standard InChI is InChI=1S/C11H12N2O/c1-2-8(1)6-14-9-3-4-10-11(5-9)13-7-12-10/h3-5,7-8H,1-2,6H2,(H,12,13). The first-order valence-electron chi connectivity index (χ1n) is 4.98. The fraction of sp³-hybridized carbons (Fsp3) is 0.364. The molecule has 3 rings (SSSR count). The van der Waals surface area contributed by atoms with E-state index in [0.29, 0.717) is 0 Å². The summed E-state index contributed by atoms with van der Waals surface area (Å²) in [5.74, 6) is 1.74. The number of aromatic nitrogens is 2. The van der Waals surface area contributed by atoms with Gasteiger partial charge in [0.05, 0.1) is 24.0 Å². The molecule has 1 aromatic carbocycles. The third kappa shape index (κ3) is 1.45. The van der Waals surface area contributed by atoms with Crippen LogP contribution in [0.25, 0.3) is 11.0 Å². The monoisotopic (exact) mass is 188 g/mol. The molecule has 0 spiro atoms. The number of nitrogens with zero attached hydrogens (tertiary/aromatic N) is 1. The number of rotatable bonds is 3. The van der Waals surface area contributed by atoms with Gasteiger partial charge in [-0.1, -0.05) is 0 Å². The molecule has 14 heavy (non-hydrogen) atoms. The summed E-state index contributed by atoms with van der Waals surface area (Å²) in [7, 11) is 0. The van der Waals surface area contributed by atoms with E-state index in [4.69, 9.17) is 4.74 Å². The van der Waals surface area contributed by atoms with Crippen molar-refractivity contribution >= 4 is 11.0 Å². The first-order chi connectivity index (χ1) is 6.92. The molecule has 0 bridgehead atoms. The number of hydrogen-bond acceptors (Lipinski definition) is 2. The van der Waals surface area contributed by atoms with E-state index >= 15 is 0 Å². The maximum Gasteiger partial charge on any atom is 0.121 e. The Labute approximate surface area is 82.1 Å². The van der Waals surface area contributed by atoms with Crippen LogP contribution in [0, 0.1) is 5.92 Å². The van der Waals surface area contributed by atoms with Crippen molar-refractivity contribution < 1.29 is 4.74 Å². The molecule has 0 radical (unpaired) electrons. The quantitative estimate of drug-likeness (QED) is 0.802. The largest absolute Gasteiger partial charge is 0.493 e. The molecule has 1 heterocycles. The summed E-state index contributed by atoms with van der Waals surface area (Å²) < 4.78 is 5.66. The van der Waals surface area contributed by atoms with E-state index in [1.165, 1.54) is 12.8 Å². The molecule has 1 aliphatic rings. The van der Waals surface area contributed by atoms with Gasteiger partial charge in [-0.2, -0.15) is 0 Å². The van der Waals surface area contributed by atoms with Gasteiger partial charge >= 0.3 is 0 Å². The second kappa shape index (κ2) is 3.01. The lowest BCUT2D eigenvalue weighted by Crippen LogP contribution is -1.98. The Morgan fingerprint density at radius 3 is 3.21 bits per heavy atom. The van der Waals surface area contributed by atoms with Crippen molar-refractivity contribution in [3.63, 3.8) is 0 Å². The van der Waals surface area contributed by atoms with Crippen molar-refractivity contribution in [2.24, 2.45) is 5.92 Å². The summed E-state index contributed by atoms with van der Waals surface area (Å²) in [6, 6.07) is 5.96. The highest BCUT2D eigenvalue weighted by atomic mass is 16.5. The number of H-pyrrole nitrogens is 1. The molecule has 1 fully saturated rings. The van der Waals surface area contributed by atoms with Gasteiger partial charge in [0, 0.05) is 6.07 Å². The van der Waals surface area contributed by atoms with E-state index in [0.717, 1.165) is 29.3 Å². The van der Waals surface area contributed by atoms with Crippen molar-refractivity contribution in [2.45, 2.75) is 12.8 Å². The predicted octanol–water partition coefficient (Wildman–Crippen LogP) is 2.35. The minimum Gasteiger partial charge on any atom is -0.493 e. The molecule has 0 atom stereocenters. The van der Waals surface area contributed by atoms with Gasteiger partial charge in [-0.05, 0) is 30.9 Å². The topological polar surface area (TPSA) is 37.9 Å². The Kier molecular flexibility index (Phi) is 1.69. The number of imidazole rings is 1. The number of hydrogen-bond donors (Lipinski definition) is 1. The highest BCUT2D eigenvalue weighted by Crippen LogP contribution is 2.29. The molecular formula is C11H12N2O. The summed E-state index contributed by atoms with van der Waals surface area (Å²) in [4.78, 5) is 7.23. The summed E-state index contributed by atoms with van der Waals surface area (Å²) in [5, 5.41) is 0. The van der Waals surface area contributed by atoms with Gasteiger partial charge in [-0.15, -0.1) is 0 Å². The summed E-state index contributed by atoms with van der Waals surface area (Å²) in [5.41, 5.74) is 2.03. The third-order valence-electron chi connectivity index (χ3n) is 2.57. The Hall–Kier alpha value is -1.51. The fourth-order valence-corrected chi connectivity index (χ4v) is 1.50. The molecule has 3 nitrogen and oxygen atoms in total. The molecule has 1 saturated carbocycles. The molecule has 0 saturated heterocycles. The number of aromatic amines is 1. The molecule has 1 aromatic heterocycles. The molecular weight excluding hydrogens is 176 g/mol. The molecule has 0 unspecified atom stereocenters. The van der Waals surface area contributed by atoms with Crippen molar-refractivity contribution in [2.75, 3.05) is 6.61 Å². The normalized spacial score (nSPS) is 16.0. The van der Waals surface area contributed by atoms with Crippen LogP contribution in [0.5, 0.6) is 5.75 Å². The van der Waals surface area contributed by atoms with E-state index in [-0.39, 0.29) is 0 Å². The van der Waals surface area contributed by atoms with E-state index in [1.807, 2.05) is 18.2 Å². The number of ether oxygens (including phenoxy) is 1. The van der Waals surface area contributed by atoms with E-state index in [2.05, 4.69) is 9.97 Å². The molecule has 1 N–H and O–H groups in total. The van der Waals surface area contributed by atoms with Crippen LogP contribution in [0.1, 0.15) is 12.8 Å². The minimum absolute atomic E-state index is 0.799. The second-order valence-electron chi connectivity index (χ2n) is 3.84. The van der Waals surface area contributed by atoms with Gasteiger partial charge in [-0.3, -0.25) is 0 Å². The van der Waals surface area contributed by atoms with E-state index < -0.39 is 0 Å². The number of fused-ring (bicyclic) bond motifs is 1. The Bertz CT molecular complexity index is 445. The van der Waals surface area contributed by atoms with Crippen molar-refractivity contribution in [3.8, 4) is 5.75 Å². The van der Waals surface area contributed by atoms with Crippen LogP contribution >= 0.6 is 0 Å². The smallest absolute Gasteiger partial charge is 0.121 e. The molecule has 0 aliphatic heterocycles. The van der Waals surface area contributed by atoms with Crippen LogP contribution in [-0.2, 0) is 0 Å². The van der Waals surface area contributed by atoms with Gasteiger partial charge in [0.25, 0.3) is 0 Å². The van der Waals surface area contributed by atoms with Crippen molar-refractivity contribution in [3.05, 3.63) is 24.5 Å². The van der Waals surface area contributed by atoms with Crippen LogP contribution in [0.4, 0.5) is 0 Å².